The van der Waals surface area contributed by atoms with Gasteiger partial charge in [-0.3, -0.25) is 4.90 Å². The predicted octanol–water partition coefficient (Wildman–Crippen LogP) is 3.99. The van der Waals surface area contributed by atoms with Crippen molar-refractivity contribution < 1.29 is 0 Å². The molecule has 0 aromatic carbocycles. The molecule has 2 saturated heterocycles. The zero-order valence-electron chi connectivity index (χ0n) is 12.1. The van der Waals surface area contributed by atoms with Gasteiger partial charge < -0.3 is 5.41 Å². The minimum atomic E-state index is 0.740. The molecular weight excluding hydrogens is 232 g/mol. The van der Waals surface area contributed by atoms with Gasteiger partial charge in [0.05, 0.1) is 0 Å². The molecule has 2 heteroatoms. The van der Waals surface area contributed by atoms with Crippen LogP contribution < -0.4 is 0 Å². The average molecular weight is 260 g/mol. The van der Waals surface area contributed by atoms with Crippen LogP contribution in [-0.4, -0.2) is 28.7 Å². The quantitative estimate of drug-likeness (QED) is 0.758. The molecule has 0 aromatic heterocycles. The Kier molecular flexibility index (Phi) is 3.17. The second kappa shape index (κ2) is 4.87. The Morgan fingerprint density at radius 3 is 1.95 bits per heavy atom. The number of piperidine rings is 2. The fraction of sp³-hybridized carbons (Fsp3) is 0.941. The van der Waals surface area contributed by atoms with Gasteiger partial charge in [-0.05, 0) is 43.9 Å². The third-order valence-corrected chi connectivity index (χ3v) is 6.41. The monoisotopic (exact) mass is 260 g/mol. The summed E-state index contributed by atoms with van der Waals surface area (Å²) in [5.74, 6) is 2.08. The summed E-state index contributed by atoms with van der Waals surface area (Å²) in [5, 5.41) is 8.09. The Hall–Kier alpha value is -0.370. The molecule has 2 aliphatic carbocycles. The van der Waals surface area contributed by atoms with Gasteiger partial charge >= 0.3 is 0 Å². The fourth-order valence-corrected chi connectivity index (χ4v) is 5.79. The first-order chi connectivity index (χ1) is 9.29. The first kappa shape index (κ1) is 12.4. The van der Waals surface area contributed by atoms with E-state index < -0.39 is 0 Å². The maximum atomic E-state index is 8.09. The van der Waals surface area contributed by atoms with E-state index in [9.17, 15) is 0 Å². The van der Waals surface area contributed by atoms with Crippen molar-refractivity contribution in [3.8, 4) is 0 Å². The summed E-state index contributed by atoms with van der Waals surface area (Å²) in [6, 6.07) is 2.36. The molecule has 106 valence electrons. The third-order valence-electron chi connectivity index (χ3n) is 6.41. The lowest BCUT2D eigenvalue weighted by atomic mass is 9.68. The van der Waals surface area contributed by atoms with Crippen LogP contribution in [0.3, 0.4) is 0 Å². The van der Waals surface area contributed by atoms with Crippen molar-refractivity contribution in [2.24, 2.45) is 11.8 Å². The van der Waals surface area contributed by atoms with Crippen LogP contribution in [0.4, 0.5) is 0 Å². The van der Waals surface area contributed by atoms with Gasteiger partial charge in [-0.25, -0.2) is 0 Å². The SMILES string of the molecule is N=C1C[C@H]2CCC[C@@H](C1)N2[C@H]1C[C@@H]2CCC[C@@H](C2)C1. The van der Waals surface area contributed by atoms with Gasteiger partial charge in [0.15, 0.2) is 0 Å². The Balaban J connectivity index is 1.53. The van der Waals surface area contributed by atoms with Gasteiger partial charge in [-0.2, -0.15) is 0 Å². The van der Waals surface area contributed by atoms with E-state index in [2.05, 4.69) is 4.90 Å². The number of nitrogens with zero attached hydrogens (tertiary/aromatic N) is 1. The van der Waals surface area contributed by atoms with E-state index in [4.69, 9.17) is 5.41 Å². The number of rotatable bonds is 1. The van der Waals surface area contributed by atoms with Crippen molar-refractivity contribution >= 4 is 5.71 Å². The normalized spacial score (nSPS) is 47.2. The molecule has 19 heavy (non-hydrogen) atoms. The first-order valence-corrected chi connectivity index (χ1v) is 8.63. The maximum absolute atomic E-state index is 8.09. The number of hydrogen-bond acceptors (Lipinski definition) is 2. The summed E-state index contributed by atoms with van der Waals surface area (Å²) in [7, 11) is 0. The van der Waals surface area contributed by atoms with Crippen molar-refractivity contribution in [3.05, 3.63) is 0 Å². The molecule has 0 amide bonds. The van der Waals surface area contributed by atoms with Crippen LogP contribution in [0.2, 0.25) is 0 Å². The highest BCUT2D eigenvalue weighted by Crippen LogP contribution is 2.45. The molecule has 5 atom stereocenters. The Morgan fingerprint density at radius 2 is 1.32 bits per heavy atom. The van der Waals surface area contributed by atoms with Crippen LogP contribution in [-0.2, 0) is 0 Å². The molecule has 4 bridgehead atoms. The minimum Gasteiger partial charge on any atom is -0.310 e. The lowest BCUT2D eigenvalue weighted by Gasteiger charge is -2.53. The molecule has 0 spiro atoms. The van der Waals surface area contributed by atoms with Crippen LogP contribution in [0.1, 0.15) is 70.6 Å². The average Bonchev–Trinajstić information content (AvgIpc) is 2.37. The van der Waals surface area contributed by atoms with Crippen molar-refractivity contribution in [2.75, 3.05) is 0 Å². The second-order valence-electron chi connectivity index (χ2n) is 7.72. The number of hydrogen-bond donors (Lipinski definition) is 1. The minimum absolute atomic E-state index is 0.740. The second-order valence-corrected chi connectivity index (χ2v) is 7.72. The summed E-state index contributed by atoms with van der Waals surface area (Å²) in [5.41, 5.74) is 1.04. The summed E-state index contributed by atoms with van der Waals surface area (Å²) in [6.07, 6.45) is 15.3. The van der Waals surface area contributed by atoms with Crippen molar-refractivity contribution in [1.82, 2.24) is 4.90 Å². The van der Waals surface area contributed by atoms with Crippen molar-refractivity contribution in [3.63, 3.8) is 0 Å². The van der Waals surface area contributed by atoms with E-state index >= 15 is 0 Å². The molecule has 4 rings (SSSR count). The topological polar surface area (TPSA) is 27.1 Å². The van der Waals surface area contributed by atoms with Gasteiger partial charge in [-0.1, -0.05) is 25.7 Å². The molecule has 0 radical (unpaired) electrons. The zero-order chi connectivity index (χ0) is 12.8. The lowest BCUT2D eigenvalue weighted by Crippen LogP contribution is -2.58. The molecule has 0 unspecified atom stereocenters. The van der Waals surface area contributed by atoms with Gasteiger partial charge in [0.1, 0.15) is 0 Å². The van der Waals surface area contributed by atoms with E-state index in [1.807, 2.05) is 0 Å². The highest BCUT2D eigenvalue weighted by Gasteiger charge is 2.43. The molecule has 1 N–H and O–H groups in total. The predicted molar refractivity (Wildman–Crippen MR) is 78.7 cm³/mol. The summed E-state index contributed by atoms with van der Waals surface area (Å²) >= 11 is 0. The molecule has 2 heterocycles. The molecule has 4 aliphatic rings. The summed E-state index contributed by atoms with van der Waals surface area (Å²) < 4.78 is 0. The summed E-state index contributed by atoms with van der Waals surface area (Å²) in [6.45, 7) is 0. The van der Waals surface area contributed by atoms with Crippen LogP contribution in [0.5, 0.6) is 0 Å². The maximum Gasteiger partial charge on any atom is 0.0153 e. The largest absolute Gasteiger partial charge is 0.310 e. The van der Waals surface area contributed by atoms with E-state index in [1.54, 1.807) is 0 Å². The molecule has 0 aromatic rings. The molecule has 2 nitrogen and oxygen atoms in total. The van der Waals surface area contributed by atoms with E-state index in [0.717, 1.165) is 48.5 Å². The number of nitrogens with one attached hydrogen (secondary N) is 1. The van der Waals surface area contributed by atoms with Gasteiger partial charge in [0.25, 0.3) is 0 Å². The smallest absolute Gasteiger partial charge is 0.0153 e. The van der Waals surface area contributed by atoms with Gasteiger partial charge in [0, 0.05) is 36.7 Å². The van der Waals surface area contributed by atoms with Crippen molar-refractivity contribution in [1.29, 1.82) is 5.41 Å². The van der Waals surface area contributed by atoms with Crippen LogP contribution in [0, 0.1) is 17.2 Å². The standard InChI is InChI=1S/C17H28N2/c18-14-10-15-5-2-6-16(11-14)19(15)17-8-12-3-1-4-13(7-12)9-17/h12-13,15-18H,1-11H2/t12-,13+,15-,16+,17+. The Morgan fingerprint density at radius 1 is 0.737 bits per heavy atom. The number of fused-ring (bicyclic) bond motifs is 4. The third kappa shape index (κ3) is 2.26. The molecular formula is C17H28N2. The van der Waals surface area contributed by atoms with E-state index in [0.29, 0.717) is 0 Å². The highest BCUT2D eigenvalue weighted by atomic mass is 15.2. The van der Waals surface area contributed by atoms with Crippen molar-refractivity contribution in [2.45, 2.75) is 88.8 Å². The first-order valence-electron chi connectivity index (χ1n) is 8.63. The van der Waals surface area contributed by atoms with E-state index in [-0.39, 0.29) is 0 Å². The summed E-state index contributed by atoms with van der Waals surface area (Å²) in [4.78, 5) is 2.92. The van der Waals surface area contributed by atoms with E-state index in [1.165, 1.54) is 57.8 Å². The van der Waals surface area contributed by atoms with Gasteiger partial charge in [0.2, 0.25) is 0 Å². The van der Waals surface area contributed by atoms with Crippen LogP contribution in [0.15, 0.2) is 0 Å². The van der Waals surface area contributed by atoms with Gasteiger partial charge in [-0.15, -0.1) is 0 Å². The molecule has 2 aliphatic heterocycles. The Labute approximate surface area is 117 Å². The zero-order valence-corrected chi connectivity index (χ0v) is 12.1. The van der Waals surface area contributed by atoms with Crippen LogP contribution >= 0.6 is 0 Å². The lowest BCUT2D eigenvalue weighted by molar-refractivity contribution is -0.0144. The Bertz CT molecular complexity index is 336. The highest BCUT2D eigenvalue weighted by molar-refractivity contribution is 5.83. The molecule has 2 saturated carbocycles. The fourth-order valence-electron chi connectivity index (χ4n) is 5.79. The molecule has 4 fully saturated rings. The van der Waals surface area contributed by atoms with Crippen LogP contribution in [0.25, 0.3) is 0 Å².